The number of hydrogen-bond acceptors (Lipinski definition) is 4. The van der Waals surface area contributed by atoms with Crippen molar-refractivity contribution in [1.29, 1.82) is 5.26 Å². The Kier molecular flexibility index (Phi) is 10.0. The number of nitriles is 1. The van der Waals surface area contributed by atoms with Crippen LogP contribution in [0.1, 0.15) is 101 Å². The molecular weight excluding hydrogens is 362 g/mol. The van der Waals surface area contributed by atoms with Crippen LogP contribution in [0.4, 0.5) is 0 Å². The second kappa shape index (κ2) is 12.5. The molecule has 4 heteroatoms. The molecule has 0 aliphatic heterocycles. The van der Waals surface area contributed by atoms with Gasteiger partial charge in [-0.25, -0.2) is 4.79 Å². The van der Waals surface area contributed by atoms with Gasteiger partial charge in [-0.2, -0.15) is 5.26 Å². The van der Waals surface area contributed by atoms with Crippen LogP contribution in [-0.2, 0) is 4.74 Å². The van der Waals surface area contributed by atoms with Gasteiger partial charge < -0.3 is 9.47 Å². The quantitative estimate of drug-likeness (QED) is 0.285. The Morgan fingerprint density at radius 1 is 1.03 bits per heavy atom. The highest BCUT2D eigenvalue weighted by molar-refractivity contribution is 5.89. The molecule has 1 aliphatic rings. The van der Waals surface area contributed by atoms with Gasteiger partial charge in [0, 0.05) is 0 Å². The molecule has 0 saturated heterocycles. The van der Waals surface area contributed by atoms with E-state index in [0.717, 1.165) is 57.1 Å². The molecular formula is C25H37NO3. The van der Waals surface area contributed by atoms with Crippen LogP contribution in [0.15, 0.2) is 24.3 Å². The second-order valence-corrected chi connectivity index (χ2v) is 8.39. The highest BCUT2D eigenvalue weighted by Crippen LogP contribution is 2.41. The predicted octanol–water partition coefficient (Wildman–Crippen LogP) is 6.84. The van der Waals surface area contributed by atoms with E-state index in [1.165, 1.54) is 25.7 Å². The highest BCUT2D eigenvalue weighted by atomic mass is 16.5. The fourth-order valence-corrected chi connectivity index (χ4v) is 3.99. The van der Waals surface area contributed by atoms with Crippen molar-refractivity contribution in [3.63, 3.8) is 0 Å². The van der Waals surface area contributed by atoms with Crippen molar-refractivity contribution in [1.82, 2.24) is 0 Å². The van der Waals surface area contributed by atoms with Gasteiger partial charge in [0.25, 0.3) is 0 Å². The Hall–Kier alpha value is -2.02. The van der Waals surface area contributed by atoms with Crippen molar-refractivity contribution in [2.45, 2.75) is 97.0 Å². The molecule has 1 aromatic rings. The van der Waals surface area contributed by atoms with Gasteiger partial charge in [0.1, 0.15) is 11.9 Å². The summed E-state index contributed by atoms with van der Waals surface area (Å²) in [5.74, 6) is 0.504. The van der Waals surface area contributed by atoms with Crippen LogP contribution < -0.4 is 4.74 Å². The minimum atomic E-state index is -0.279. The van der Waals surface area contributed by atoms with Gasteiger partial charge in [-0.3, -0.25) is 0 Å². The van der Waals surface area contributed by atoms with Crippen molar-refractivity contribution >= 4 is 5.97 Å². The molecule has 0 N–H and O–H groups in total. The molecule has 29 heavy (non-hydrogen) atoms. The average Bonchev–Trinajstić information content (AvgIpc) is 2.75. The van der Waals surface area contributed by atoms with Crippen LogP contribution in [0.3, 0.4) is 0 Å². The fraction of sp³-hybridized carbons (Fsp3) is 0.680. The summed E-state index contributed by atoms with van der Waals surface area (Å²) in [6.45, 7) is 5.04. The Labute approximate surface area is 176 Å². The largest absolute Gasteiger partial charge is 0.494 e. The Bertz CT molecular complexity index is 639. The molecule has 1 aromatic carbocycles. The lowest BCUT2D eigenvalue weighted by molar-refractivity contribution is 0.0105. The SMILES string of the molecule is CCCCCCC[C@]1(C#N)CC[C@H](OC(=O)c2ccc(OCCCC)cc2)CC1. The molecule has 0 aromatic heterocycles. The van der Waals surface area contributed by atoms with Crippen molar-refractivity contribution in [2.75, 3.05) is 6.61 Å². The summed E-state index contributed by atoms with van der Waals surface area (Å²) in [7, 11) is 0. The molecule has 1 aliphatic carbocycles. The summed E-state index contributed by atoms with van der Waals surface area (Å²) in [5, 5.41) is 9.72. The standard InChI is InChI=1S/C25H37NO3/c1-3-5-7-8-9-16-25(20-26)17-14-23(15-18-25)29-24(27)21-10-12-22(13-11-21)28-19-6-4-2/h10-13,23H,3-9,14-19H2,1-2H3/t23-,25-. The third-order valence-corrected chi connectivity index (χ3v) is 6.02. The number of nitrogens with zero attached hydrogens (tertiary/aromatic N) is 1. The number of hydrogen-bond donors (Lipinski definition) is 0. The number of carbonyl (C=O) groups excluding carboxylic acids is 1. The smallest absolute Gasteiger partial charge is 0.338 e. The molecule has 1 saturated carbocycles. The highest BCUT2D eigenvalue weighted by Gasteiger charge is 2.36. The molecule has 0 bridgehead atoms. The molecule has 2 rings (SSSR count). The van der Waals surface area contributed by atoms with Crippen molar-refractivity contribution in [2.24, 2.45) is 5.41 Å². The maximum atomic E-state index is 12.5. The number of carbonyl (C=O) groups is 1. The zero-order chi connectivity index (χ0) is 21.0. The Balaban J connectivity index is 1.76. The third-order valence-electron chi connectivity index (χ3n) is 6.02. The van der Waals surface area contributed by atoms with Gasteiger partial charge in [-0.1, -0.05) is 52.4 Å². The van der Waals surface area contributed by atoms with Gasteiger partial charge in [0.2, 0.25) is 0 Å². The molecule has 160 valence electrons. The van der Waals surface area contributed by atoms with E-state index in [1.54, 1.807) is 12.1 Å². The van der Waals surface area contributed by atoms with Crippen LogP contribution in [0.5, 0.6) is 5.75 Å². The first kappa shape index (κ1) is 23.3. The van der Waals surface area contributed by atoms with Crippen LogP contribution >= 0.6 is 0 Å². The predicted molar refractivity (Wildman–Crippen MR) is 116 cm³/mol. The molecule has 0 atom stereocenters. The fourth-order valence-electron chi connectivity index (χ4n) is 3.99. The monoisotopic (exact) mass is 399 g/mol. The van der Waals surface area contributed by atoms with Gasteiger partial charge in [-0.05, 0) is 62.8 Å². The maximum Gasteiger partial charge on any atom is 0.338 e. The number of ether oxygens (including phenoxy) is 2. The van der Waals surface area contributed by atoms with E-state index in [2.05, 4.69) is 19.9 Å². The van der Waals surface area contributed by atoms with Gasteiger partial charge in [0.05, 0.1) is 23.7 Å². The summed E-state index contributed by atoms with van der Waals surface area (Å²) in [4.78, 5) is 12.5. The van der Waals surface area contributed by atoms with Gasteiger partial charge in [-0.15, -0.1) is 0 Å². The zero-order valence-electron chi connectivity index (χ0n) is 18.3. The topological polar surface area (TPSA) is 59.3 Å². The minimum Gasteiger partial charge on any atom is -0.494 e. The van der Waals surface area contributed by atoms with E-state index >= 15 is 0 Å². The third kappa shape index (κ3) is 7.72. The summed E-state index contributed by atoms with van der Waals surface area (Å²) >= 11 is 0. The van der Waals surface area contributed by atoms with Crippen molar-refractivity contribution < 1.29 is 14.3 Å². The summed E-state index contributed by atoms with van der Waals surface area (Å²) in [5.41, 5.74) is 0.341. The van der Waals surface area contributed by atoms with E-state index in [9.17, 15) is 10.1 Å². The van der Waals surface area contributed by atoms with E-state index in [-0.39, 0.29) is 17.5 Å². The van der Waals surface area contributed by atoms with E-state index in [0.29, 0.717) is 12.2 Å². The molecule has 0 spiro atoms. The van der Waals surface area contributed by atoms with E-state index in [1.807, 2.05) is 12.1 Å². The number of unbranched alkanes of at least 4 members (excludes halogenated alkanes) is 5. The Morgan fingerprint density at radius 3 is 2.31 bits per heavy atom. The van der Waals surface area contributed by atoms with Crippen LogP contribution in [0.2, 0.25) is 0 Å². The van der Waals surface area contributed by atoms with Crippen LogP contribution in [0.25, 0.3) is 0 Å². The first-order chi connectivity index (χ1) is 14.1. The van der Waals surface area contributed by atoms with E-state index < -0.39 is 0 Å². The normalized spacial score (nSPS) is 21.3. The number of benzene rings is 1. The lowest BCUT2D eigenvalue weighted by Gasteiger charge is -2.34. The van der Waals surface area contributed by atoms with Crippen molar-refractivity contribution in [3.8, 4) is 11.8 Å². The molecule has 0 amide bonds. The maximum absolute atomic E-state index is 12.5. The Morgan fingerprint density at radius 2 is 1.69 bits per heavy atom. The van der Waals surface area contributed by atoms with Crippen molar-refractivity contribution in [3.05, 3.63) is 29.8 Å². The lowest BCUT2D eigenvalue weighted by atomic mass is 9.71. The van der Waals surface area contributed by atoms with Gasteiger partial charge in [0.15, 0.2) is 0 Å². The first-order valence-electron chi connectivity index (χ1n) is 11.5. The zero-order valence-corrected chi connectivity index (χ0v) is 18.3. The number of rotatable bonds is 12. The molecule has 4 nitrogen and oxygen atoms in total. The first-order valence-corrected chi connectivity index (χ1v) is 11.5. The summed E-state index contributed by atoms with van der Waals surface area (Å²) in [6, 6.07) is 9.77. The minimum absolute atomic E-state index is 0.0791. The summed E-state index contributed by atoms with van der Waals surface area (Å²) in [6.07, 6.45) is 12.4. The average molecular weight is 400 g/mol. The second-order valence-electron chi connectivity index (χ2n) is 8.39. The molecule has 1 fully saturated rings. The molecule has 0 heterocycles. The number of esters is 1. The van der Waals surface area contributed by atoms with E-state index in [4.69, 9.17) is 9.47 Å². The molecule has 0 unspecified atom stereocenters. The molecule has 0 radical (unpaired) electrons. The van der Waals surface area contributed by atoms with Crippen LogP contribution in [0, 0.1) is 16.7 Å². The van der Waals surface area contributed by atoms with Gasteiger partial charge >= 0.3 is 5.97 Å². The summed E-state index contributed by atoms with van der Waals surface area (Å²) < 4.78 is 11.4. The lowest BCUT2D eigenvalue weighted by Crippen LogP contribution is -2.31. The van der Waals surface area contributed by atoms with Crippen LogP contribution in [-0.4, -0.2) is 18.7 Å².